The first-order chi connectivity index (χ1) is 5.24. The van der Waals surface area contributed by atoms with E-state index in [0.717, 1.165) is 0 Å². The van der Waals surface area contributed by atoms with Crippen molar-refractivity contribution < 1.29 is 131 Å². The Morgan fingerprint density at radius 3 is 0.846 bits per heavy atom. The summed E-state index contributed by atoms with van der Waals surface area (Å²) < 4.78 is 0. The predicted molar refractivity (Wildman–Crippen MR) is 63.6 cm³/mol. The fraction of sp³-hybridized carbons (Fsp3) is 0. The average Bonchev–Trinajstić information content (AvgIpc) is 1.96. The Bertz CT molecular complexity index is 119. The summed E-state index contributed by atoms with van der Waals surface area (Å²) in [6.45, 7) is 0. The van der Waals surface area contributed by atoms with Gasteiger partial charge in [-0.3, -0.25) is 4.93 Å². The molecule has 0 saturated carbocycles. The molecule has 0 spiro atoms. The van der Waals surface area contributed by atoms with Crippen LogP contribution in [0.3, 0.4) is 0 Å². The molecular weight excluding hydrogens is 612 g/mol. The maximum atomic E-state index is 4.28. The van der Waals surface area contributed by atoms with Gasteiger partial charge in [-0.2, -0.15) is 0 Å². The Kier molecular flexibility index (Phi) is 177. The molecule has 0 N–H and O–H groups in total. The second kappa shape index (κ2) is 62.7. The van der Waals surface area contributed by atoms with Crippen LogP contribution in [0.4, 0.5) is 0 Å². The van der Waals surface area contributed by atoms with Gasteiger partial charge in [-0.1, -0.05) is 0 Å². The van der Waals surface area contributed by atoms with Gasteiger partial charge in [-0.05, 0) is 0 Å². The third kappa shape index (κ3) is 119. The Balaban J connectivity index is -0.0000000121. The normalized spacial score (nSPS) is 3.00. The first kappa shape index (κ1) is 36.6. The molecule has 0 unspecified atom stereocenters. The van der Waals surface area contributed by atoms with E-state index in [1.165, 1.54) is 23.9 Å². The van der Waals surface area contributed by atoms with E-state index in [2.05, 4.69) is 85.7 Å². The van der Waals surface area contributed by atoms with Gasteiger partial charge in [0.05, 0.1) is 0 Å². The van der Waals surface area contributed by atoms with E-state index in [4.69, 9.17) is 0 Å². The summed E-state index contributed by atoms with van der Waals surface area (Å²) in [5, 5.41) is 0. The largest absolute Gasteiger partial charge is 1.00 e. The fourth-order valence-corrected chi connectivity index (χ4v) is 0. The predicted octanol–water partition coefficient (Wildman–Crippen LogP) is -1.81. The summed E-state index contributed by atoms with van der Waals surface area (Å²) in [5.74, 6) is 0. The van der Waals surface area contributed by atoms with E-state index < -0.39 is 0 Å². The Hall–Kier alpha value is 6.54. The van der Waals surface area contributed by atoms with Crippen molar-refractivity contribution in [1.82, 2.24) is 0 Å². The van der Waals surface area contributed by atoms with Gasteiger partial charge in [0, 0.05) is 32.7 Å². The molecule has 0 aromatic rings. The Labute approximate surface area is 210 Å². The summed E-state index contributed by atoms with van der Waals surface area (Å²) in [6, 6.07) is 0. The summed E-state index contributed by atoms with van der Waals surface area (Å²) in [5.41, 5.74) is 0. The molecule has 1 radical (unpaired) electrons. The summed E-state index contributed by atoms with van der Waals surface area (Å²) >= 11 is 21.3. The van der Waals surface area contributed by atoms with E-state index in [1.54, 1.807) is 0 Å². The molecule has 0 atom stereocenters. The van der Waals surface area contributed by atoms with Gasteiger partial charge in [-0.15, -0.1) is 0 Å². The van der Waals surface area contributed by atoms with Gasteiger partial charge < -0.3 is 22.6 Å². The van der Waals surface area contributed by atoms with E-state index in [0.29, 0.717) is 0 Å². The van der Waals surface area contributed by atoms with Crippen LogP contribution in [0.2, 0.25) is 0 Å². The van der Waals surface area contributed by atoms with Crippen molar-refractivity contribution in [2.75, 3.05) is 0 Å². The second-order valence-corrected chi connectivity index (χ2v) is 8.30. The molecule has 0 bridgehead atoms. The van der Waals surface area contributed by atoms with Gasteiger partial charge in [0.25, 0.3) is 0 Å². The number of rotatable bonds is 0. The minimum Gasteiger partial charge on any atom is -0.319 e. The molecule has 0 fully saturated rings. The average molecular weight is 614 g/mol. The molecule has 0 saturated heterocycles. The van der Waals surface area contributed by atoms with Crippen molar-refractivity contribution in [2.24, 2.45) is 0 Å². The van der Waals surface area contributed by atoms with Gasteiger partial charge in [0.15, 0.2) is 0 Å². The van der Waals surface area contributed by atoms with Gasteiger partial charge in [0.2, 0.25) is 0 Å². The quantitative estimate of drug-likeness (QED) is 0.180. The van der Waals surface area contributed by atoms with E-state index in [-0.39, 0.29) is 84.1 Å². The topological polar surface area (TPSA) is 0 Å². The van der Waals surface area contributed by atoms with Crippen LogP contribution < -0.4 is 51.4 Å². The molecular formula is CH2IKS6V3Y. The van der Waals surface area contributed by atoms with E-state index >= 15 is 0 Å². The van der Waals surface area contributed by atoms with Gasteiger partial charge in [0.1, 0.15) is 0 Å². The summed E-state index contributed by atoms with van der Waals surface area (Å²) in [6.07, 6.45) is 0. The number of hydrogen-bond donors (Lipinski definition) is 0. The monoisotopic (exact) mass is 613 g/mol. The summed E-state index contributed by atoms with van der Waals surface area (Å²) in [4.78, 5) is 3.22. The van der Waals surface area contributed by atoms with E-state index in [9.17, 15) is 0 Å². The van der Waals surface area contributed by atoms with Gasteiger partial charge in [-0.25, -0.2) is 0 Å². The third-order valence-corrected chi connectivity index (χ3v) is 0. The zero-order valence-corrected chi connectivity index (χ0v) is 23.7. The summed E-state index contributed by atoms with van der Waals surface area (Å²) in [7, 11) is 3.81. The van der Waals surface area contributed by atoms with Crippen LogP contribution >= 0.6 is 22.6 Å². The first-order valence-corrected chi connectivity index (χ1v) is 13.1. The zero-order chi connectivity index (χ0) is 10.1. The number of hydrogen-bond acceptors (Lipinski definition) is 3. The van der Waals surface area contributed by atoms with Crippen LogP contribution in [-0.2, 0) is 137 Å². The molecule has 0 amide bonds. The molecule has 0 heterocycles. The Morgan fingerprint density at radius 2 is 0.846 bits per heavy atom. The fourth-order valence-electron chi connectivity index (χ4n) is 0. The molecule has 0 nitrogen and oxygen atoms in total. The van der Waals surface area contributed by atoms with Crippen LogP contribution in [0, 0.1) is 4.93 Å². The van der Waals surface area contributed by atoms with Crippen LogP contribution in [0.25, 0.3) is 0 Å². The molecule has 0 aliphatic heterocycles. The molecule has 0 aromatic heterocycles. The minimum absolute atomic E-state index is 0. The van der Waals surface area contributed by atoms with Gasteiger partial charge >= 0.3 is 156 Å². The molecule has 13 heavy (non-hydrogen) atoms. The van der Waals surface area contributed by atoms with Crippen molar-refractivity contribution in [3.63, 3.8) is 0 Å². The standard InChI is InChI=1S/CH2I.K.3S2.3V.Y/c1-2;;3*1-2;;;;/h1H2;;;;;;;;/q-1;+1;;;;;;;. The van der Waals surface area contributed by atoms with Crippen molar-refractivity contribution in [1.29, 1.82) is 0 Å². The maximum absolute atomic E-state index is 4.28. The minimum atomic E-state index is 0. The van der Waals surface area contributed by atoms with E-state index in [1.807, 2.05) is 22.6 Å². The van der Waals surface area contributed by atoms with Crippen molar-refractivity contribution >= 4 is 80.1 Å². The molecule has 68 valence electrons. The SMILES string of the molecule is S=[S]=[V].S=[S]=[V].S=[S]=[V].[CH2-]I.[K+].[Y]. The Morgan fingerprint density at radius 1 is 0.846 bits per heavy atom. The van der Waals surface area contributed by atoms with Crippen LogP contribution in [0.1, 0.15) is 0 Å². The smallest absolute Gasteiger partial charge is 0.319 e. The van der Waals surface area contributed by atoms with Crippen LogP contribution in [-0.4, -0.2) is 0 Å². The zero-order valence-electron chi connectivity index (χ0n) is 6.45. The molecule has 0 aliphatic carbocycles. The molecule has 0 aromatic carbocycles. The second-order valence-electron chi connectivity index (χ2n) is 0.224. The maximum Gasteiger partial charge on any atom is 1.00 e. The van der Waals surface area contributed by atoms with Crippen LogP contribution in [0.5, 0.6) is 0 Å². The third-order valence-electron chi connectivity index (χ3n) is 0. The number of halogens is 1. The molecule has 0 rings (SSSR count). The van der Waals surface area contributed by atoms with Crippen molar-refractivity contribution in [2.45, 2.75) is 0 Å². The van der Waals surface area contributed by atoms with Crippen LogP contribution in [0.15, 0.2) is 0 Å². The van der Waals surface area contributed by atoms with Crippen molar-refractivity contribution in [3.05, 3.63) is 4.93 Å². The molecule has 0 aliphatic rings. The van der Waals surface area contributed by atoms with Crippen molar-refractivity contribution in [3.8, 4) is 0 Å². The first-order valence-electron chi connectivity index (χ1n) is 1.31. The molecule has 12 heteroatoms.